The van der Waals surface area contributed by atoms with Gasteiger partial charge in [-0.25, -0.2) is 8.42 Å². The average molecular weight is 269 g/mol. The zero-order chi connectivity index (χ0) is 13.5. The molecule has 1 aliphatic rings. The van der Waals surface area contributed by atoms with Gasteiger partial charge in [0.1, 0.15) is 5.75 Å². The smallest absolute Gasteiger partial charge is 0.243 e. The lowest BCUT2D eigenvalue weighted by atomic mass is 10.1. The Hall–Kier alpha value is -1.07. The number of ether oxygens (including phenoxy) is 1. The Kier molecular flexibility index (Phi) is 3.38. The van der Waals surface area contributed by atoms with Crippen LogP contribution >= 0.6 is 0 Å². The van der Waals surface area contributed by atoms with Gasteiger partial charge in [-0.1, -0.05) is 0 Å². The summed E-state index contributed by atoms with van der Waals surface area (Å²) in [6.07, 6.45) is 1.92. The van der Waals surface area contributed by atoms with Gasteiger partial charge in [0.25, 0.3) is 0 Å². The molecule has 0 N–H and O–H groups in total. The molecule has 1 fully saturated rings. The summed E-state index contributed by atoms with van der Waals surface area (Å²) < 4.78 is 31.6. The number of methoxy groups -OCH3 is 1. The molecule has 0 spiro atoms. The molecular formula is C13H19NO3S. The van der Waals surface area contributed by atoms with Crippen LogP contribution in [0.3, 0.4) is 0 Å². The molecule has 1 saturated carbocycles. The Morgan fingerprint density at radius 3 is 2.33 bits per heavy atom. The van der Waals surface area contributed by atoms with Crippen molar-refractivity contribution < 1.29 is 13.2 Å². The van der Waals surface area contributed by atoms with Gasteiger partial charge in [-0.15, -0.1) is 0 Å². The maximum Gasteiger partial charge on any atom is 0.243 e. The van der Waals surface area contributed by atoms with E-state index in [1.165, 1.54) is 4.31 Å². The molecule has 0 amide bonds. The van der Waals surface area contributed by atoms with Crippen molar-refractivity contribution in [1.29, 1.82) is 0 Å². The molecule has 5 heteroatoms. The van der Waals surface area contributed by atoms with Crippen LogP contribution in [0.25, 0.3) is 0 Å². The van der Waals surface area contributed by atoms with Gasteiger partial charge < -0.3 is 4.74 Å². The third-order valence-electron chi connectivity index (χ3n) is 3.41. The van der Waals surface area contributed by atoms with E-state index in [4.69, 9.17) is 4.74 Å². The molecule has 1 aromatic carbocycles. The van der Waals surface area contributed by atoms with Crippen LogP contribution in [0.5, 0.6) is 5.75 Å². The molecule has 4 nitrogen and oxygen atoms in total. The summed E-state index contributed by atoms with van der Waals surface area (Å²) in [4.78, 5) is 0.384. The van der Waals surface area contributed by atoms with Gasteiger partial charge in [-0.2, -0.15) is 4.31 Å². The summed E-state index contributed by atoms with van der Waals surface area (Å²) in [6.45, 7) is 3.66. The van der Waals surface area contributed by atoms with E-state index in [0.29, 0.717) is 4.90 Å². The van der Waals surface area contributed by atoms with Crippen LogP contribution in [0.4, 0.5) is 0 Å². The zero-order valence-electron chi connectivity index (χ0n) is 11.2. The van der Waals surface area contributed by atoms with Crippen molar-refractivity contribution in [3.63, 3.8) is 0 Å². The third-order valence-corrected chi connectivity index (χ3v) is 5.46. The highest BCUT2D eigenvalue weighted by atomic mass is 32.2. The largest absolute Gasteiger partial charge is 0.496 e. The van der Waals surface area contributed by atoms with E-state index in [9.17, 15) is 8.42 Å². The average Bonchev–Trinajstić information content (AvgIpc) is 3.14. The maximum absolute atomic E-state index is 12.5. The van der Waals surface area contributed by atoms with Crippen molar-refractivity contribution in [3.8, 4) is 5.75 Å². The van der Waals surface area contributed by atoms with Gasteiger partial charge in [0.15, 0.2) is 0 Å². The molecule has 0 bridgehead atoms. The van der Waals surface area contributed by atoms with Gasteiger partial charge in [-0.05, 0) is 49.9 Å². The van der Waals surface area contributed by atoms with Crippen LogP contribution in [0.15, 0.2) is 17.0 Å². The first-order chi connectivity index (χ1) is 8.37. The molecule has 0 radical (unpaired) electrons. The van der Waals surface area contributed by atoms with Gasteiger partial charge in [0, 0.05) is 13.1 Å². The Morgan fingerprint density at radius 1 is 1.22 bits per heavy atom. The van der Waals surface area contributed by atoms with E-state index in [1.54, 1.807) is 33.2 Å². The predicted molar refractivity (Wildman–Crippen MR) is 70.4 cm³/mol. The molecule has 18 heavy (non-hydrogen) atoms. The van der Waals surface area contributed by atoms with E-state index in [2.05, 4.69) is 0 Å². The highest BCUT2D eigenvalue weighted by molar-refractivity contribution is 7.89. The predicted octanol–water partition coefficient (Wildman–Crippen LogP) is 2.09. The normalized spacial score (nSPS) is 16.1. The number of nitrogens with zero attached hydrogens (tertiary/aromatic N) is 1. The number of hydrogen-bond donors (Lipinski definition) is 0. The molecule has 0 unspecified atom stereocenters. The first kappa shape index (κ1) is 13.4. The van der Waals surface area contributed by atoms with Crippen molar-refractivity contribution in [2.75, 3.05) is 14.2 Å². The summed E-state index contributed by atoms with van der Waals surface area (Å²) in [5, 5.41) is 0. The van der Waals surface area contributed by atoms with Crippen molar-refractivity contribution in [2.24, 2.45) is 0 Å². The first-order valence-corrected chi connectivity index (χ1v) is 7.45. The van der Waals surface area contributed by atoms with Crippen molar-refractivity contribution in [3.05, 3.63) is 23.3 Å². The van der Waals surface area contributed by atoms with Crippen LogP contribution in [0.2, 0.25) is 0 Å². The molecular weight excluding hydrogens is 250 g/mol. The quantitative estimate of drug-likeness (QED) is 0.841. The first-order valence-electron chi connectivity index (χ1n) is 6.01. The summed E-state index contributed by atoms with van der Waals surface area (Å²) in [5.74, 6) is 0.723. The Bertz CT molecular complexity index is 562. The van der Waals surface area contributed by atoms with Gasteiger partial charge in [0.2, 0.25) is 10.0 Å². The Morgan fingerprint density at radius 2 is 1.83 bits per heavy atom. The van der Waals surface area contributed by atoms with Crippen LogP contribution < -0.4 is 4.74 Å². The standard InChI is InChI=1S/C13H19NO3S/c1-9-8-13(10(2)7-12(9)17-4)18(15,16)14(3)11-5-6-11/h7-8,11H,5-6H2,1-4H3. The van der Waals surface area contributed by atoms with Crippen LogP contribution in [0.1, 0.15) is 24.0 Å². The van der Waals surface area contributed by atoms with Crippen molar-refractivity contribution >= 4 is 10.0 Å². The molecule has 0 atom stereocenters. The number of rotatable bonds is 4. The van der Waals surface area contributed by atoms with Crippen LogP contribution in [-0.4, -0.2) is 32.9 Å². The van der Waals surface area contributed by atoms with Crippen LogP contribution in [0, 0.1) is 13.8 Å². The molecule has 100 valence electrons. The van der Waals surface area contributed by atoms with E-state index in [0.717, 1.165) is 29.7 Å². The van der Waals surface area contributed by atoms with Crippen molar-refractivity contribution in [2.45, 2.75) is 37.6 Å². The second-order valence-electron chi connectivity index (χ2n) is 4.84. The van der Waals surface area contributed by atoms with E-state index in [-0.39, 0.29) is 6.04 Å². The zero-order valence-corrected chi connectivity index (χ0v) is 12.0. The lowest BCUT2D eigenvalue weighted by Gasteiger charge is -2.19. The molecule has 0 heterocycles. The summed E-state index contributed by atoms with van der Waals surface area (Å²) >= 11 is 0. The molecule has 0 saturated heterocycles. The maximum atomic E-state index is 12.5. The van der Waals surface area contributed by atoms with Gasteiger partial charge in [-0.3, -0.25) is 0 Å². The van der Waals surface area contributed by atoms with E-state index in [1.807, 2.05) is 6.92 Å². The second-order valence-corrected chi connectivity index (χ2v) is 6.81. The highest BCUT2D eigenvalue weighted by Crippen LogP contribution is 2.33. The summed E-state index contributed by atoms with van der Waals surface area (Å²) in [5.41, 5.74) is 1.57. The van der Waals surface area contributed by atoms with Gasteiger partial charge in [0.05, 0.1) is 12.0 Å². The number of benzene rings is 1. The highest BCUT2D eigenvalue weighted by Gasteiger charge is 2.35. The van der Waals surface area contributed by atoms with Gasteiger partial charge >= 0.3 is 0 Å². The van der Waals surface area contributed by atoms with E-state index >= 15 is 0 Å². The molecule has 1 aromatic rings. The number of sulfonamides is 1. The Labute approximate surface area is 109 Å². The molecule has 0 aliphatic heterocycles. The lowest BCUT2D eigenvalue weighted by Crippen LogP contribution is -2.29. The fourth-order valence-electron chi connectivity index (χ4n) is 2.05. The monoisotopic (exact) mass is 269 g/mol. The SMILES string of the molecule is COc1cc(C)c(S(=O)(=O)N(C)C2CC2)cc1C. The Balaban J connectivity index is 2.47. The fraction of sp³-hybridized carbons (Fsp3) is 0.538. The third kappa shape index (κ3) is 2.24. The summed E-state index contributed by atoms with van der Waals surface area (Å²) in [6, 6.07) is 3.66. The molecule has 0 aromatic heterocycles. The topological polar surface area (TPSA) is 46.6 Å². The number of aryl methyl sites for hydroxylation is 2. The molecule has 1 aliphatic carbocycles. The lowest BCUT2D eigenvalue weighted by molar-refractivity contribution is 0.410. The number of hydrogen-bond acceptors (Lipinski definition) is 3. The minimum atomic E-state index is -3.38. The van der Waals surface area contributed by atoms with Crippen LogP contribution in [-0.2, 0) is 10.0 Å². The molecule has 2 rings (SSSR count). The summed E-state index contributed by atoms with van der Waals surface area (Å²) in [7, 11) is -0.128. The minimum absolute atomic E-state index is 0.178. The second kappa shape index (κ2) is 4.55. The minimum Gasteiger partial charge on any atom is -0.496 e. The fourth-order valence-corrected chi connectivity index (χ4v) is 3.76. The van der Waals surface area contributed by atoms with E-state index < -0.39 is 10.0 Å². The van der Waals surface area contributed by atoms with Crippen molar-refractivity contribution in [1.82, 2.24) is 4.31 Å².